The Hall–Kier alpha value is -3.50. The number of nitrogens with one attached hydrogen (secondary N) is 1. The summed E-state index contributed by atoms with van der Waals surface area (Å²) in [5.41, 5.74) is -0.129. The van der Waals surface area contributed by atoms with Gasteiger partial charge in [-0.1, -0.05) is 24.3 Å². The van der Waals surface area contributed by atoms with Gasteiger partial charge in [0.2, 0.25) is 0 Å². The van der Waals surface area contributed by atoms with Crippen molar-refractivity contribution in [1.82, 2.24) is 10.2 Å². The van der Waals surface area contributed by atoms with Crippen LogP contribution in [0.25, 0.3) is 6.08 Å². The molecular formula is C20H16N2O6S2. The molecule has 2 N–H and O–H groups in total. The van der Waals surface area contributed by atoms with Gasteiger partial charge in [0, 0.05) is 18.2 Å². The highest BCUT2D eigenvalue weighted by atomic mass is 32.2. The number of phenols is 1. The van der Waals surface area contributed by atoms with Crippen LogP contribution in [0.1, 0.15) is 5.56 Å². The molecule has 1 aliphatic rings. The third-order valence-electron chi connectivity index (χ3n) is 4.04. The summed E-state index contributed by atoms with van der Waals surface area (Å²) in [4.78, 5) is 25.8. The van der Waals surface area contributed by atoms with Gasteiger partial charge >= 0.3 is 10.1 Å². The van der Waals surface area contributed by atoms with Gasteiger partial charge in [0.15, 0.2) is 5.11 Å². The topological polar surface area (TPSA) is 113 Å². The van der Waals surface area contributed by atoms with E-state index < -0.39 is 21.9 Å². The highest BCUT2D eigenvalue weighted by molar-refractivity contribution is 7.87. The standard InChI is InChI=1S/C20H16N2O6S2/c1-2-10-22-19(25)16(18(24)21-20(22)29)11-13-8-9-14(12-17(13)23)28-30(26,27)15-6-4-3-5-7-15/h2-9,11-12,23H,1,10H2,(H,21,24,29)/b16-11+. The summed E-state index contributed by atoms with van der Waals surface area (Å²) in [6, 6.07) is 11.2. The van der Waals surface area contributed by atoms with Gasteiger partial charge in [-0.15, -0.1) is 6.58 Å². The second-order valence-electron chi connectivity index (χ2n) is 6.09. The fraction of sp³-hybridized carbons (Fsp3) is 0.0500. The van der Waals surface area contributed by atoms with Crippen molar-refractivity contribution < 1.29 is 27.3 Å². The average Bonchev–Trinajstić information content (AvgIpc) is 2.70. The summed E-state index contributed by atoms with van der Waals surface area (Å²) in [6.45, 7) is 3.64. The van der Waals surface area contributed by atoms with E-state index in [4.69, 9.17) is 16.4 Å². The maximum absolute atomic E-state index is 12.5. The van der Waals surface area contributed by atoms with E-state index in [9.17, 15) is 23.1 Å². The largest absolute Gasteiger partial charge is 0.507 e. The molecule has 0 saturated carbocycles. The van der Waals surface area contributed by atoms with Crippen molar-refractivity contribution in [2.75, 3.05) is 6.54 Å². The predicted octanol–water partition coefficient (Wildman–Crippen LogP) is 1.97. The number of aromatic hydroxyl groups is 1. The van der Waals surface area contributed by atoms with Crippen molar-refractivity contribution in [3.63, 3.8) is 0 Å². The minimum atomic E-state index is -4.08. The Balaban J connectivity index is 1.88. The van der Waals surface area contributed by atoms with Gasteiger partial charge in [-0.2, -0.15) is 8.42 Å². The van der Waals surface area contributed by atoms with E-state index >= 15 is 0 Å². The molecule has 0 atom stereocenters. The van der Waals surface area contributed by atoms with Crippen LogP contribution in [0.3, 0.4) is 0 Å². The summed E-state index contributed by atoms with van der Waals surface area (Å²) in [5, 5.41) is 12.6. The van der Waals surface area contributed by atoms with Crippen LogP contribution in [0.15, 0.2) is 71.7 Å². The van der Waals surface area contributed by atoms with E-state index in [1.807, 2.05) is 0 Å². The Kier molecular flexibility index (Phi) is 5.99. The third kappa shape index (κ3) is 4.39. The summed E-state index contributed by atoms with van der Waals surface area (Å²) >= 11 is 4.97. The second-order valence-corrected chi connectivity index (χ2v) is 8.03. The second kappa shape index (κ2) is 8.47. The Morgan fingerprint density at radius 2 is 1.87 bits per heavy atom. The molecule has 8 nitrogen and oxygen atoms in total. The Bertz CT molecular complexity index is 1170. The number of hydrogen-bond acceptors (Lipinski definition) is 7. The molecule has 1 aliphatic heterocycles. The molecule has 0 radical (unpaired) electrons. The molecule has 1 saturated heterocycles. The van der Waals surface area contributed by atoms with Crippen molar-refractivity contribution in [3.8, 4) is 11.5 Å². The van der Waals surface area contributed by atoms with Crippen LogP contribution in [0.4, 0.5) is 0 Å². The molecule has 0 bridgehead atoms. The maximum atomic E-state index is 12.5. The monoisotopic (exact) mass is 444 g/mol. The van der Waals surface area contributed by atoms with Gasteiger partial charge in [0.1, 0.15) is 22.0 Å². The molecular weight excluding hydrogens is 428 g/mol. The first-order valence-electron chi connectivity index (χ1n) is 8.55. The Morgan fingerprint density at radius 3 is 2.50 bits per heavy atom. The van der Waals surface area contributed by atoms with E-state index in [0.29, 0.717) is 0 Å². The van der Waals surface area contributed by atoms with Crippen LogP contribution in [0.5, 0.6) is 11.5 Å². The molecule has 2 aromatic carbocycles. The number of hydrogen-bond donors (Lipinski definition) is 2. The summed E-state index contributed by atoms with van der Waals surface area (Å²) < 4.78 is 29.6. The first-order valence-corrected chi connectivity index (χ1v) is 10.4. The highest BCUT2D eigenvalue weighted by Gasteiger charge is 2.32. The number of amides is 2. The first-order chi connectivity index (χ1) is 14.2. The van der Waals surface area contributed by atoms with Crippen molar-refractivity contribution in [2.45, 2.75) is 4.90 Å². The molecule has 2 amide bonds. The maximum Gasteiger partial charge on any atom is 0.339 e. The van der Waals surface area contributed by atoms with Crippen LogP contribution in [0.2, 0.25) is 0 Å². The zero-order chi connectivity index (χ0) is 21.9. The minimum absolute atomic E-state index is 0.0406. The smallest absolute Gasteiger partial charge is 0.339 e. The molecule has 3 rings (SSSR count). The Morgan fingerprint density at radius 1 is 1.17 bits per heavy atom. The molecule has 0 spiro atoms. The van der Waals surface area contributed by atoms with Gasteiger partial charge in [0.05, 0.1) is 0 Å². The van der Waals surface area contributed by atoms with E-state index in [2.05, 4.69) is 11.9 Å². The van der Waals surface area contributed by atoms with Gasteiger partial charge in [-0.3, -0.25) is 19.8 Å². The van der Waals surface area contributed by atoms with Crippen molar-refractivity contribution >= 4 is 45.3 Å². The van der Waals surface area contributed by atoms with Crippen molar-refractivity contribution in [3.05, 3.63) is 72.3 Å². The highest BCUT2D eigenvalue weighted by Crippen LogP contribution is 2.28. The predicted molar refractivity (Wildman–Crippen MR) is 113 cm³/mol. The molecule has 10 heteroatoms. The summed E-state index contributed by atoms with van der Waals surface area (Å²) in [7, 11) is -4.08. The number of nitrogens with zero attached hydrogens (tertiary/aromatic N) is 1. The molecule has 154 valence electrons. The van der Waals surface area contributed by atoms with Crippen LogP contribution < -0.4 is 9.50 Å². The van der Waals surface area contributed by atoms with E-state index in [1.54, 1.807) is 18.2 Å². The molecule has 30 heavy (non-hydrogen) atoms. The third-order valence-corrected chi connectivity index (χ3v) is 5.62. The fourth-order valence-corrected chi connectivity index (χ4v) is 3.80. The van der Waals surface area contributed by atoms with Gasteiger partial charge in [-0.05, 0) is 42.6 Å². The molecule has 0 unspecified atom stereocenters. The zero-order valence-corrected chi connectivity index (χ0v) is 17.1. The lowest BCUT2D eigenvalue weighted by Crippen LogP contribution is -2.53. The van der Waals surface area contributed by atoms with E-state index in [0.717, 1.165) is 11.0 Å². The lowest BCUT2D eigenvalue weighted by atomic mass is 10.1. The van der Waals surface area contributed by atoms with E-state index in [-0.39, 0.29) is 39.2 Å². The van der Waals surface area contributed by atoms with Gasteiger partial charge in [-0.25, -0.2) is 0 Å². The number of thiocarbonyl (C=S) groups is 1. The Labute approximate surface area is 178 Å². The number of phenolic OH excluding ortho intramolecular Hbond substituents is 1. The first kappa shape index (κ1) is 21.2. The van der Waals surface area contributed by atoms with E-state index in [1.165, 1.54) is 36.4 Å². The number of benzene rings is 2. The van der Waals surface area contributed by atoms with Crippen LogP contribution in [0, 0.1) is 0 Å². The van der Waals surface area contributed by atoms with Crippen LogP contribution in [-0.4, -0.2) is 41.9 Å². The zero-order valence-electron chi connectivity index (χ0n) is 15.4. The average molecular weight is 444 g/mol. The SMILES string of the molecule is C=CCN1C(=O)/C(=C/c2ccc(OS(=O)(=O)c3ccccc3)cc2O)C(=O)NC1=S. The molecule has 0 aliphatic carbocycles. The van der Waals surface area contributed by atoms with Crippen molar-refractivity contribution in [1.29, 1.82) is 0 Å². The number of rotatable bonds is 6. The minimum Gasteiger partial charge on any atom is -0.507 e. The summed E-state index contributed by atoms with van der Waals surface area (Å²) in [6.07, 6.45) is 2.64. The normalized spacial score (nSPS) is 15.8. The lowest BCUT2D eigenvalue weighted by Gasteiger charge is -2.27. The molecule has 0 aromatic heterocycles. The lowest BCUT2D eigenvalue weighted by molar-refractivity contribution is -0.128. The van der Waals surface area contributed by atoms with Crippen LogP contribution in [-0.2, 0) is 19.7 Å². The van der Waals surface area contributed by atoms with Gasteiger partial charge < -0.3 is 9.29 Å². The molecule has 2 aromatic rings. The summed E-state index contributed by atoms with van der Waals surface area (Å²) in [5.74, 6) is -1.87. The molecule has 1 fully saturated rings. The number of carbonyl (C=O) groups excluding carboxylic acids is 2. The van der Waals surface area contributed by atoms with Crippen molar-refractivity contribution in [2.24, 2.45) is 0 Å². The fourth-order valence-electron chi connectivity index (χ4n) is 2.60. The molecule has 1 heterocycles. The van der Waals surface area contributed by atoms with Crippen LogP contribution >= 0.6 is 12.2 Å². The number of carbonyl (C=O) groups is 2. The van der Waals surface area contributed by atoms with Gasteiger partial charge in [0.25, 0.3) is 11.8 Å². The quantitative estimate of drug-likeness (QED) is 0.230.